The summed E-state index contributed by atoms with van der Waals surface area (Å²) in [5.41, 5.74) is -2.11. The molecule has 11 heteroatoms. The predicted octanol–water partition coefficient (Wildman–Crippen LogP) is 1.25. The van der Waals surface area contributed by atoms with Crippen molar-refractivity contribution in [3.63, 3.8) is 0 Å². The summed E-state index contributed by atoms with van der Waals surface area (Å²) in [6.07, 6.45) is 0. The average Bonchev–Trinajstić information content (AvgIpc) is 2.85. The van der Waals surface area contributed by atoms with E-state index in [2.05, 4.69) is 19.9 Å². The second kappa shape index (κ2) is 5.48. The van der Waals surface area contributed by atoms with E-state index in [1.807, 2.05) is 5.32 Å². The number of hydrogen-bond acceptors (Lipinski definition) is 6. The molecule has 21 heavy (non-hydrogen) atoms. The van der Waals surface area contributed by atoms with E-state index in [-0.39, 0.29) is 12.0 Å². The highest BCUT2D eigenvalue weighted by molar-refractivity contribution is 6.04. The molecule has 0 saturated carbocycles. The van der Waals surface area contributed by atoms with Gasteiger partial charge in [-0.05, 0) is 6.07 Å². The van der Waals surface area contributed by atoms with Crippen LogP contribution in [0.4, 0.5) is 20.4 Å². The number of carbonyl (C=O) groups excluding carboxylic acids is 1. The number of nitrogens with zero attached hydrogens (tertiary/aromatic N) is 3. The quantitative estimate of drug-likeness (QED) is 0.647. The Labute approximate surface area is 115 Å². The van der Waals surface area contributed by atoms with Gasteiger partial charge in [-0.3, -0.25) is 20.2 Å². The molecule has 9 nitrogen and oxygen atoms in total. The van der Waals surface area contributed by atoms with Crippen molar-refractivity contribution >= 4 is 17.5 Å². The van der Waals surface area contributed by atoms with Crippen LogP contribution in [0.2, 0.25) is 0 Å². The molecule has 1 aromatic heterocycles. The summed E-state index contributed by atoms with van der Waals surface area (Å²) in [7, 11) is 1.27. The van der Waals surface area contributed by atoms with Crippen molar-refractivity contribution in [1.29, 1.82) is 0 Å². The SMILES string of the molecule is COc1n[nH]c(NC(=O)c2c(F)ccc([N+](=O)[O-])c2F)n1. The lowest BCUT2D eigenvalue weighted by Crippen LogP contribution is -2.17. The van der Waals surface area contributed by atoms with E-state index in [4.69, 9.17) is 0 Å². The fourth-order valence-corrected chi connectivity index (χ4v) is 1.45. The van der Waals surface area contributed by atoms with Crippen LogP contribution in [0.5, 0.6) is 6.01 Å². The van der Waals surface area contributed by atoms with Gasteiger partial charge in [0.1, 0.15) is 11.4 Å². The second-order valence-electron chi connectivity index (χ2n) is 3.64. The van der Waals surface area contributed by atoms with Gasteiger partial charge in [0, 0.05) is 6.07 Å². The molecule has 1 heterocycles. The lowest BCUT2D eigenvalue weighted by atomic mass is 10.1. The van der Waals surface area contributed by atoms with E-state index in [1.54, 1.807) is 0 Å². The Morgan fingerprint density at radius 2 is 2.19 bits per heavy atom. The van der Waals surface area contributed by atoms with Crippen LogP contribution in [0.15, 0.2) is 12.1 Å². The average molecular weight is 299 g/mol. The van der Waals surface area contributed by atoms with Gasteiger partial charge in [-0.2, -0.15) is 9.37 Å². The molecule has 2 aromatic rings. The van der Waals surface area contributed by atoms with E-state index in [9.17, 15) is 23.7 Å². The Morgan fingerprint density at radius 1 is 1.48 bits per heavy atom. The van der Waals surface area contributed by atoms with Gasteiger partial charge in [-0.15, -0.1) is 5.10 Å². The van der Waals surface area contributed by atoms with Crippen LogP contribution >= 0.6 is 0 Å². The van der Waals surface area contributed by atoms with E-state index in [1.165, 1.54) is 7.11 Å². The number of halogens is 2. The molecule has 0 atom stereocenters. The number of nitrogens with one attached hydrogen (secondary N) is 2. The van der Waals surface area contributed by atoms with Crippen molar-refractivity contribution in [3.8, 4) is 6.01 Å². The number of rotatable bonds is 4. The Hall–Kier alpha value is -3.11. The van der Waals surface area contributed by atoms with Gasteiger partial charge in [-0.1, -0.05) is 0 Å². The van der Waals surface area contributed by atoms with Crippen LogP contribution in [-0.2, 0) is 0 Å². The van der Waals surface area contributed by atoms with Crippen LogP contribution in [0.1, 0.15) is 10.4 Å². The van der Waals surface area contributed by atoms with Crippen molar-refractivity contribution in [1.82, 2.24) is 15.2 Å². The molecule has 110 valence electrons. The van der Waals surface area contributed by atoms with E-state index in [0.29, 0.717) is 12.1 Å². The third kappa shape index (κ3) is 2.75. The molecular weight excluding hydrogens is 292 g/mol. The van der Waals surface area contributed by atoms with Crippen LogP contribution in [0.25, 0.3) is 0 Å². The Bertz CT molecular complexity index is 717. The maximum absolute atomic E-state index is 13.8. The fourth-order valence-electron chi connectivity index (χ4n) is 1.45. The zero-order valence-electron chi connectivity index (χ0n) is 10.4. The summed E-state index contributed by atoms with van der Waals surface area (Å²) < 4.78 is 32.0. The van der Waals surface area contributed by atoms with Gasteiger partial charge in [0.25, 0.3) is 5.91 Å². The number of anilines is 1. The number of hydrogen-bond donors (Lipinski definition) is 2. The van der Waals surface area contributed by atoms with Crippen LogP contribution < -0.4 is 10.1 Å². The summed E-state index contributed by atoms with van der Waals surface area (Å²) in [6, 6.07) is 1.14. The van der Waals surface area contributed by atoms with Crippen LogP contribution in [-0.4, -0.2) is 33.1 Å². The molecule has 0 saturated heterocycles. The number of methoxy groups -OCH3 is 1. The second-order valence-corrected chi connectivity index (χ2v) is 3.64. The zero-order valence-corrected chi connectivity index (χ0v) is 10.4. The van der Waals surface area contributed by atoms with Crippen LogP contribution in [0.3, 0.4) is 0 Å². The normalized spacial score (nSPS) is 10.2. The summed E-state index contributed by atoms with van der Waals surface area (Å²) >= 11 is 0. The van der Waals surface area contributed by atoms with Crippen molar-refractivity contribution in [2.75, 3.05) is 12.4 Å². The predicted molar refractivity (Wildman–Crippen MR) is 63.9 cm³/mol. The molecular formula is C10H7F2N5O4. The third-order valence-electron chi connectivity index (χ3n) is 2.37. The smallest absolute Gasteiger partial charge is 0.336 e. The molecule has 0 bridgehead atoms. The summed E-state index contributed by atoms with van der Waals surface area (Å²) in [5.74, 6) is -4.32. The molecule has 0 aliphatic rings. The number of aromatic amines is 1. The maximum atomic E-state index is 13.8. The monoisotopic (exact) mass is 299 g/mol. The first-order valence-electron chi connectivity index (χ1n) is 5.34. The van der Waals surface area contributed by atoms with Gasteiger partial charge >= 0.3 is 11.7 Å². The number of nitro benzene ring substituents is 1. The Balaban J connectivity index is 2.34. The molecule has 2 rings (SSSR count). The van der Waals surface area contributed by atoms with Gasteiger partial charge in [0.05, 0.1) is 12.0 Å². The van der Waals surface area contributed by atoms with Crippen molar-refractivity contribution in [3.05, 3.63) is 39.4 Å². The van der Waals surface area contributed by atoms with Crippen molar-refractivity contribution in [2.45, 2.75) is 0 Å². The summed E-state index contributed by atoms with van der Waals surface area (Å²) in [4.78, 5) is 24.9. The molecule has 0 fully saturated rings. The molecule has 0 unspecified atom stereocenters. The first-order valence-corrected chi connectivity index (χ1v) is 5.34. The minimum absolute atomic E-state index is 0.106. The standard InChI is InChI=1S/C10H7F2N5O4/c1-21-10-14-9(15-16-10)13-8(18)6-4(11)2-3-5(7(6)12)17(19)20/h2-3H,1H3,(H2,13,14,15,16,18). The highest BCUT2D eigenvalue weighted by Crippen LogP contribution is 2.23. The molecule has 0 aliphatic heterocycles. The molecule has 1 amide bonds. The Kier molecular flexibility index (Phi) is 3.73. The highest BCUT2D eigenvalue weighted by Gasteiger charge is 2.26. The van der Waals surface area contributed by atoms with Gasteiger partial charge < -0.3 is 4.74 Å². The van der Waals surface area contributed by atoms with E-state index >= 15 is 0 Å². The number of H-pyrrole nitrogens is 1. The lowest BCUT2D eigenvalue weighted by molar-refractivity contribution is -0.387. The van der Waals surface area contributed by atoms with Crippen molar-refractivity contribution < 1.29 is 23.2 Å². The zero-order chi connectivity index (χ0) is 15.6. The first kappa shape index (κ1) is 14.3. The highest BCUT2D eigenvalue weighted by atomic mass is 19.1. The molecule has 0 radical (unpaired) electrons. The molecule has 1 aromatic carbocycles. The maximum Gasteiger partial charge on any atom is 0.336 e. The summed E-state index contributed by atoms with van der Waals surface area (Å²) in [5, 5.41) is 18.3. The number of nitro groups is 1. The van der Waals surface area contributed by atoms with E-state index in [0.717, 1.165) is 0 Å². The van der Waals surface area contributed by atoms with Crippen molar-refractivity contribution in [2.24, 2.45) is 0 Å². The van der Waals surface area contributed by atoms with Gasteiger partial charge in [0.2, 0.25) is 11.8 Å². The first-order chi connectivity index (χ1) is 9.93. The third-order valence-corrected chi connectivity index (χ3v) is 2.37. The Morgan fingerprint density at radius 3 is 2.76 bits per heavy atom. The molecule has 0 spiro atoms. The number of benzene rings is 1. The number of carbonyl (C=O) groups is 1. The minimum atomic E-state index is -1.58. The summed E-state index contributed by atoms with van der Waals surface area (Å²) in [6.45, 7) is 0. The largest absolute Gasteiger partial charge is 0.466 e. The fraction of sp³-hybridized carbons (Fsp3) is 0.100. The van der Waals surface area contributed by atoms with E-state index < -0.39 is 33.7 Å². The number of amides is 1. The number of ether oxygens (including phenoxy) is 1. The molecule has 0 aliphatic carbocycles. The molecule has 2 N–H and O–H groups in total. The lowest BCUT2D eigenvalue weighted by Gasteiger charge is -2.04. The van der Waals surface area contributed by atoms with Crippen LogP contribution in [0, 0.1) is 21.7 Å². The topological polar surface area (TPSA) is 123 Å². The number of aromatic nitrogens is 3. The van der Waals surface area contributed by atoms with Gasteiger partial charge in [0.15, 0.2) is 0 Å². The van der Waals surface area contributed by atoms with Gasteiger partial charge in [-0.25, -0.2) is 9.49 Å². The minimum Gasteiger partial charge on any atom is -0.466 e.